The largest absolute Gasteiger partial charge is 0.424 e. The van der Waals surface area contributed by atoms with Gasteiger partial charge in [-0.05, 0) is 84.3 Å². The van der Waals surface area contributed by atoms with E-state index in [0.717, 1.165) is 65.6 Å². The summed E-state index contributed by atoms with van der Waals surface area (Å²) in [4.78, 5) is 16.5. The minimum atomic E-state index is 0.306. The average molecular weight is 580 g/mol. The molecule has 0 saturated carbocycles. The third-order valence-corrected chi connectivity index (χ3v) is 7.00. The van der Waals surface area contributed by atoms with Gasteiger partial charge < -0.3 is 15.0 Å². The van der Waals surface area contributed by atoms with Gasteiger partial charge >= 0.3 is 6.01 Å². The van der Waals surface area contributed by atoms with Gasteiger partial charge in [0.2, 0.25) is 0 Å². The summed E-state index contributed by atoms with van der Waals surface area (Å²) in [7, 11) is 0. The molecule has 0 bridgehead atoms. The Balaban J connectivity index is 1.55. The summed E-state index contributed by atoms with van der Waals surface area (Å²) < 4.78 is 9.54. The molecule has 0 spiro atoms. The van der Waals surface area contributed by atoms with E-state index in [-0.39, 0.29) is 0 Å². The molecular weight excluding hydrogens is 551 g/mol. The summed E-state index contributed by atoms with van der Waals surface area (Å²) >= 11 is 2.32. The number of imidazole rings is 1. The molecule has 35 heavy (non-hydrogen) atoms. The van der Waals surface area contributed by atoms with Crippen molar-refractivity contribution in [2.75, 3.05) is 26.2 Å². The Morgan fingerprint density at radius 3 is 2.57 bits per heavy atom. The van der Waals surface area contributed by atoms with Crippen molar-refractivity contribution in [1.29, 1.82) is 0 Å². The summed E-state index contributed by atoms with van der Waals surface area (Å²) in [6.45, 7) is 7.67. The molecule has 0 aliphatic carbocycles. The van der Waals surface area contributed by atoms with Crippen LogP contribution in [0.3, 0.4) is 0 Å². The van der Waals surface area contributed by atoms with Crippen molar-refractivity contribution in [3.05, 3.63) is 75.8 Å². The van der Waals surface area contributed by atoms with E-state index in [4.69, 9.17) is 20.4 Å². The maximum absolute atomic E-state index is 6.08. The Labute approximate surface area is 219 Å². The van der Waals surface area contributed by atoms with E-state index in [9.17, 15) is 0 Å². The van der Waals surface area contributed by atoms with Crippen LogP contribution in [-0.2, 0) is 0 Å². The summed E-state index contributed by atoms with van der Waals surface area (Å²) in [5.74, 6) is 0.735. The fourth-order valence-electron chi connectivity index (χ4n) is 4.75. The summed E-state index contributed by atoms with van der Waals surface area (Å²) in [6.07, 6.45) is 4.75. The van der Waals surface area contributed by atoms with Crippen LogP contribution in [0.25, 0.3) is 22.6 Å². The lowest BCUT2D eigenvalue weighted by atomic mass is 10.1. The van der Waals surface area contributed by atoms with Crippen molar-refractivity contribution in [3.8, 4) is 34.4 Å². The van der Waals surface area contributed by atoms with Crippen molar-refractivity contribution in [2.45, 2.75) is 26.3 Å². The number of nitrogens with two attached hydrogens (primary N) is 1. The highest BCUT2D eigenvalue weighted by Gasteiger charge is 2.28. The van der Waals surface area contributed by atoms with Crippen LogP contribution in [0.15, 0.2) is 61.1 Å². The Hall–Kier alpha value is -2.82. The van der Waals surface area contributed by atoms with Crippen molar-refractivity contribution in [1.82, 2.24) is 24.4 Å². The van der Waals surface area contributed by atoms with Crippen LogP contribution in [0.2, 0.25) is 0 Å². The van der Waals surface area contributed by atoms with E-state index in [1.807, 2.05) is 24.5 Å². The topological polar surface area (TPSA) is 82.1 Å². The molecule has 2 aromatic carbocycles. The fraction of sp³-hybridized carbons (Fsp3) is 0.296. The predicted molar refractivity (Wildman–Crippen MR) is 147 cm³/mol. The molecule has 180 valence electrons. The van der Waals surface area contributed by atoms with Crippen molar-refractivity contribution in [3.63, 3.8) is 0 Å². The average Bonchev–Trinajstić information content (AvgIpc) is 3.46. The second kappa shape index (κ2) is 10.4. The van der Waals surface area contributed by atoms with Gasteiger partial charge in [0.05, 0.1) is 23.4 Å². The standard InChI is InChI=1S/C27H29IN6O/c1-18-13-19(2)15-23(14-18)35-27-30-10-7-24(32-27)26-25(20-3-5-21(28)6-4-20)31-17-34(26)22-8-11-33(16-22)12-9-29/h3-7,10,13-15,17,22H,8-9,11-12,16,29H2,1-2H3/t22-/m1/s1. The maximum Gasteiger partial charge on any atom is 0.322 e. The van der Waals surface area contributed by atoms with E-state index >= 15 is 0 Å². The number of ether oxygens (including phenoxy) is 1. The molecule has 1 saturated heterocycles. The van der Waals surface area contributed by atoms with E-state index in [2.05, 4.69) is 81.2 Å². The van der Waals surface area contributed by atoms with Crippen LogP contribution in [0, 0.1) is 17.4 Å². The summed E-state index contributed by atoms with van der Waals surface area (Å²) in [6, 6.07) is 17.1. The zero-order chi connectivity index (χ0) is 24.4. The van der Waals surface area contributed by atoms with Gasteiger partial charge in [-0.1, -0.05) is 18.2 Å². The van der Waals surface area contributed by atoms with Gasteiger partial charge in [0.25, 0.3) is 0 Å². The zero-order valence-corrected chi connectivity index (χ0v) is 22.1. The minimum absolute atomic E-state index is 0.306. The molecule has 7 nitrogen and oxygen atoms in total. The Morgan fingerprint density at radius 2 is 1.83 bits per heavy atom. The number of nitrogens with zero attached hydrogens (tertiary/aromatic N) is 5. The Morgan fingerprint density at radius 1 is 1.06 bits per heavy atom. The lowest BCUT2D eigenvalue weighted by molar-refractivity contribution is 0.333. The lowest BCUT2D eigenvalue weighted by Crippen LogP contribution is -2.27. The fourth-order valence-corrected chi connectivity index (χ4v) is 5.11. The smallest absolute Gasteiger partial charge is 0.322 e. The van der Waals surface area contributed by atoms with Gasteiger partial charge in [0.15, 0.2) is 0 Å². The highest BCUT2D eigenvalue weighted by molar-refractivity contribution is 14.1. The molecule has 1 fully saturated rings. The van der Waals surface area contributed by atoms with Gasteiger partial charge in [-0.15, -0.1) is 0 Å². The number of aromatic nitrogens is 4. The van der Waals surface area contributed by atoms with Crippen molar-refractivity contribution >= 4 is 22.6 Å². The molecule has 4 aromatic rings. The van der Waals surface area contributed by atoms with E-state index in [1.54, 1.807) is 6.20 Å². The molecule has 0 amide bonds. The molecular formula is C27H29IN6O. The zero-order valence-electron chi connectivity index (χ0n) is 20.0. The van der Waals surface area contributed by atoms with Gasteiger partial charge in [0.1, 0.15) is 5.75 Å². The molecule has 1 atom stereocenters. The minimum Gasteiger partial charge on any atom is -0.424 e. The first kappa shape index (κ1) is 23.9. The van der Waals surface area contributed by atoms with E-state index in [0.29, 0.717) is 18.6 Å². The van der Waals surface area contributed by atoms with Gasteiger partial charge in [0, 0.05) is 47.6 Å². The molecule has 0 radical (unpaired) electrons. The van der Waals surface area contributed by atoms with Crippen LogP contribution < -0.4 is 10.5 Å². The van der Waals surface area contributed by atoms with Gasteiger partial charge in [-0.2, -0.15) is 4.98 Å². The second-order valence-corrected chi connectivity index (χ2v) is 10.3. The van der Waals surface area contributed by atoms with Crippen LogP contribution in [0.4, 0.5) is 0 Å². The third kappa shape index (κ3) is 5.39. The maximum atomic E-state index is 6.08. The van der Waals surface area contributed by atoms with Gasteiger partial charge in [-0.3, -0.25) is 4.90 Å². The van der Waals surface area contributed by atoms with Crippen LogP contribution in [-0.4, -0.2) is 50.6 Å². The Kier molecular flexibility index (Phi) is 7.12. The number of halogens is 1. The molecule has 5 rings (SSSR count). The second-order valence-electron chi connectivity index (χ2n) is 9.04. The van der Waals surface area contributed by atoms with Crippen LogP contribution in [0.5, 0.6) is 11.8 Å². The van der Waals surface area contributed by atoms with Crippen molar-refractivity contribution < 1.29 is 4.74 Å². The molecule has 2 N–H and O–H groups in total. The van der Waals surface area contributed by atoms with E-state index < -0.39 is 0 Å². The first-order chi connectivity index (χ1) is 17.0. The van der Waals surface area contributed by atoms with Gasteiger partial charge in [-0.25, -0.2) is 9.97 Å². The lowest BCUT2D eigenvalue weighted by Gasteiger charge is -2.18. The van der Waals surface area contributed by atoms with Crippen LogP contribution in [0.1, 0.15) is 23.6 Å². The number of hydrogen-bond donors (Lipinski definition) is 1. The molecule has 1 aliphatic rings. The van der Waals surface area contributed by atoms with Crippen LogP contribution >= 0.6 is 22.6 Å². The first-order valence-corrected chi connectivity index (χ1v) is 12.9. The molecule has 1 aliphatic heterocycles. The SMILES string of the molecule is Cc1cc(C)cc(Oc2nccc(-c3c(-c4ccc(I)cc4)ncn3[C@@H]3CCN(CCN)C3)n2)c1. The number of aryl methyl sites for hydroxylation is 2. The Bertz CT molecular complexity index is 1300. The number of rotatable bonds is 7. The quantitative estimate of drug-likeness (QED) is 0.302. The number of benzene rings is 2. The molecule has 8 heteroatoms. The van der Waals surface area contributed by atoms with Crippen molar-refractivity contribution in [2.24, 2.45) is 5.73 Å². The van der Waals surface area contributed by atoms with E-state index in [1.165, 1.54) is 3.57 Å². The third-order valence-electron chi connectivity index (χ3n) is 6.28. The highest BCUT2D eigenvalue weighted by atomic mass is 127. The normalized spacial score (nSPS) is 16.1. The molecule has 0 unspecified atom stereocenters. The monoisotopic (exact) mass is 580 g/mol. The number of hydrogen-bond acceptors (Lipinski definition) is 6. The summed E-state index contributed by atoms with van der Waals surface area (Å²) in [5, 5.41) is 0. The predicted octanol–water partition coefficient (Wildman–Crippen LogP) is 5.23. The highest BCUT2D eigenvalue weighted by Crippen LogP contribution is 2.35. The molecule has 3 heterocycles. The first-order valence-electron chi connectivity index (χ1n) is 11.8. The summed E-state index contributed by atoms with van der Waals surface area (Å²) in [5.41, 5.74) is 11.8. The number of likely N-dealkylation sites (tertiary alicyclic amines) is 1. The molecule has 2 aromatic heterocycles.